The summed E-state index contributed by atoms with van der Waals surface area (Å²) in [5.41, 5.74) is 0. The summed E-state index contributed by atoms with van der Waals surface area (Å²) in [4.78, 5) is 8.32. The summed E-state index contributed by atoms with van der Waals surface area (Å²) in [7, 11) is 1.76. The van der Waals surface area contributed by atoms with Crippen molar-refractivity contribution in [2.75, 3.05) is 52.9 Å². The van der Waals surface area contributed by atoms with E-state index in [0.29, 0.717) is 25.6 Å². The zero-order chi connectivity index (χ0) is 22.1. The van der Waals surface area contributed by atoms with Crippen LogP contribution in [0.15, 0.2) is 27.8 Å². The third-order valence-electron chi connectivity index (χ3n) is 6.34. The molecule has 0 radical (unpaired) electrons. The number of likely N-dealkylation sites (tertiary alicyclic amines) is 2. The molecule has 3 heterocycles. The summed E-state index contributed by atoms with van der Waals surface area (Å²) in [5, 5.41) is 6.80. The standard InChI is InChI=1S/C22H36F3N5O.HI/c1-26-21(27-10-7-18-8-13-29(14-9-18)17-22(23,24)25)28-16-19(20-6-5-15-31-20)30-11-3-2-4-12-30;/h5-6,15,18-19H,2-4,7-14,16-17H2,1H3,(H2,26,27,28);1H. The van der Waals surface area contributed by atoms with Gasteiger partial charge in [0.2, 0.25) is 0 Å². The number of guanidine groups is 1. The topological polar surface area (TPSA) is 56.0 Å². The molecule has 1 aromatic rings. The molecule has 3 rings (SSSR count). The van der Waals surface area contributed by atoms with Crippen molar-refractivity contribution in [3.8, 4) is 0 Å². The Kier molecular flexibility index (Phi) is 11.6. The van der Waals surface area contributed by atoms with Crippen LogP contribution >= 0.6 is 24.0 Å². The summed E-state index contributed by atoms with van der Waals surface area (Å²) in [6.07, 6.45) is 3.91. The molecule has 2 aliphatic rings. The third-order valence-corrected chi connectivity index (χ3v) is 6.34. The number of aliphatic imine (C=N–C) groups is 1. The fourth-order valence-electron chi connectivity index (χ4n) is 4.62. The molecule has 10 heteroatoms. The van der Waals surface area contributed by atoms with Crippen LogP contribution in [0.25, 0.3) is 0 Å². The molecule has 0 amide bonds. The molecule has 1 unspecified atom stereocenters. The van der Waals surface area contributed by atoms with Crippen molar-refractivity contribution in [2.24, 2.45) is 10.9 Å². The lowest BCUT2D eigenvalue weighted by atomic mass is 9.93. The van der Waals surface area contributed by atoms with Crippen LogP contribution in [0.5, 0.6) is 0 Å². The van der Waals surface area contributed by atoms with Gasteiger partial charge in [0.15, 0.2) is 5.96 Å². The van der Waals surface area contributed by atoms with Crippen LogP contribution in [0, 0.1) is 5.92 Å². The number of piperidine rings is 2. The minimum absolute atomic E-state index is 0. The first-order valence-electron chi connectivity index (χ1n) is 11.5. The first-order chi connectivity index (χ1) is 14.9. The molecule has 0 aromatic carbocycles. The van der Waals surface area contributed by atoms with Gasteiger partial charge in [-0.2, -0.15) is 13.2 Å². The number of rotatable bonds is 8. The lowest BCUT2D eigenvalue weighted by Crippen LogP contribution is -2.45. The van der Waals surface area contributed by atoms with Crippen molar-refractivity contribution < 1.29 is 17.6 Å². The first kappa shape index (κ1) is 27.2. The Hall–Kier alpha value is -1.01. The summed E-state index contributed by atoms with van der Waals surface area (Å²) in [6.45, 7) is 3.89. The molecule has 32 heavy (non-hydrogen) atoms. The van der Waals surface area contributed by atoms with Crippen LogP contribution in [0.2, 0.25) is 0 Å². The smallest absolute Gasteiger partial charge is 0.401 e. The SMILES string of the molecule is CN=C(NCCC1CCN(CC(F)(F)F)CC1)NCC(c1ccco1)N1CCCCC1.I. The van der Waals surface area contributed by atoms with Gasteiger partial charge in [0.25, 0.3) is 0 Å². The second kappa shape index (κ2) is 13.6. The summed E-state index contributed by atoms with van der Waals surface area (Å²) in [5.74, 6) is 2.18. The van der Waals surface area contributed by atoms with E-state index in [9.17, 15) is 13.2 Å². The molecule has 2 fully saturated rings. The number of nitrogens with one attached hydrogen (secondary N) is 2. The first-order valence-corrected chi connectivity index (χ1v) is 11.5. The highest BCUT2D eigenvalue weighted by molar-refractivity contribution is 14.0. The predicted octanol–water partition coefficient (Wildman–Crippen LogP) is 4.25. The average Bonchev–Trinajstić information content (AvgIpc) is 3.28. The number of hydrogen-bond acceptors (Lipinski definition) is 4. The highest BCUT2D eigenvalue weighted by Gasteiger charge is 2.32. The van der Waals surface area contributed by atoms with Crippen LogP contribution < -0.4 is 10.6 Å². The lowest BCUT2D eigenvalue weighted by Gasteiger charge is -2.34. The van der Waals surface area contributed by atoms with Gasteiger partial charge in [-0.05, 0) is 76.3 Å². The zero-order valence-corrected chi connectivity index (χ0v) is 21.2. The molecular weight excluding hydrogens is 534 g/mol. The minimum Gasteiger partial charge on any atom is -0.468 e. The Labute approximate surface area is 206 Å². The highest BCUT2D eigenvalue weighted by atomic mass is 127. The van der Waals surface area contributed by atoms with Crippen LogP contribution in [0.1, 0.15) is 50.3 Å². The van der Waals surface area contributed by atoms with Gasteiger partial charge in [-0.1, -0.05) is 6.42 Å². The van der Waals surface area contributed by atoms with Gasteiger partial charge in [0, 0.05) is 20.1 Å². The molecule has 0 saturated carbocycles. The Balaban J connectivity index is 0.00000363. The van der Waals surface area contributed by atoms with E-state index >= 15 is 0 Å². The van der Waals surface area contributed by atoms with Crippen LogP contribution in [-0.2, 0) is 0 Å². The van der Waals surface area contributed by atoms with Gasteiger partial charge < -0.3 is 15.1 Å². The fraction of sp³-hybridized carbons (Fsp3) is 0.773. The van der Waals surface area contributed by atoms with E-state index in [4.69, 9.17) is 4.42 Å². The summed E-state index contributed by atoms with van der Waals surface area (Å²) < 4.78 is 43.3. The van der Waals surface area contributed by atoms with Gasteiger partial charge in [-0.3, -0.25) is 14.8 Å². The van der Waals surface area contributed by atoms with E-state index in [2.05, 4.69) is 20.5 Å². The van der Waals surface area contributed by atoms with Crippen molar-refractivity contribution in [1.29, 1.82) is 0 Å². The normalized spacial score (nSPS) is 20.6. The molecule has 0 aliphatic carbocycles. The fourth-order valence-corrected chi connectivity index (χ4v) is 4.62. The number of alkyl halides is 3. The van der Waals surface area contributed by atoms with Gasteiger partial charge in [-0.15, -0.1) is 24.0 Å². The zero-order valence-electron chi connectivity index (χ0n) is 18.9. The Morgan fingerprint density at radius 3 is 2.47 bits per heavy atom. The maximum absolute atomic E-state index is 12.5. The van der Waals surface area contributed by atoms with E-state index < -0.39 is 12.7 Å². The van der Waals surface area contributed by atoms with Gasteiger partial charge in [0.05, 0.1) is 18.8 Å². The highest BCUT2D eigenvalue weighted by Crippen LogP contribution is 2.25. The van der Waals surface area contributed by atoms with Crippen molar-refractivity contribution in [2.45, 2.75) is 50.7 Å². The monoisotopic (exact) mass is 571 g/mol. The number of hydrogen-bond donors (Lipinski definition) is 2. The molecule has 6 nitrogen and oxygen atoms in total. The molecule has 1 atom stereocenters. The number of furan rings is 1. The van der Waals surface area contributed by atoms with Crippen molar-refractivity contribution in [3.63, 3.8) is 0 Å². The van der Waals surface area contributed by atoms with Crippen molar-refractivity contribution in [3.05, 3.63) is 24.2 Å². The Morgan fingerprint density at radius 1 is 1.16 bits per heavy atom. The molecule has 1 aromatic heterocycles. The van der Waals surface area contributed by atoms with E-state index in [-0.39, 0.29) is 30.0 Å². The Bertz CT molecular complexity index is 657. The molecule has 184 valence electrons. The molecule has 0 bridgehead atoms. The second-order valence-corrected chi connectivity index (χ2v) is 8.63. The van der Waals surface area contributed by atoms with Crippen LogP contribution in [0.4, 0.5) is 13.2 Å². The number of halogens is 4. The largest absolute Gasteiger partial charge is 0.468 e. The van der Waals surface area contributed by atoms with Gasteiger partial charge in [0.1, 0.15) is 5.76 Å². The van der Waals surface area contributed by atoms with Crippen LogP contribution in [-0.4, -0.2) is 74.8 Å². The van der Waals surface area contributed by atoms with E-state index in [1.54, 1.807) is 13.3 Å². The van der Waals surface area contributed by atoms with Gasteiger partial charge >= 0.3 is 6.18 Å². The molecule has 0 spiro atoms. The third kappa shape index (κ3) is 9.09. The van der Waals surface area contributed by atoms with E-state index in [1.807, 2.05) is 12.1 Å². The second-order valence-electron chi connectivity index (χ2n) is 8.63. The average molecular weight is 571 g/mol. The molecule has 2 saturated heterocycles. The maximum atomic E-state index is 12.5. The van der Waals surface area contributed by atoms with Crippen LogP contribution in [0.3, 0.4) is 0 Å². The predicted molar refractivity (Wildman–Crippen MR) is 131 cm³/mol. The quantitative estimate of drug-likeness (QED) is 0.278. The molecular formula is C22H37F3IN5O. The maximum Gasteiger partial charge on any atom is 0.401 e. The number of nitrogens with zero attached hydrogens (tertiary/aromatic N) is 3. The van der Waals surface area contributed by atoms with Gasteiger partial charge in [-0.25, -0.2) is 0 Å². The summed E-state index contributed by atoms with van der Waals surface area (Å²) >= 11 is 0. The molecule has 2 aliphatic heterocycles. The summed E-state index contributed by atoms with van der Waals surface area (Å²) in [6, 6.07) is 4.13. The Morgan fingerprint density at radius 2 is 1.88 bits per heavy atom. The van der Waals surface area contributed by atoms with Crippen molar-refractivity contribution >= 4 is 29.9 Å². The lowest BCUT2D eigenvalue weighted by molar-refractivity contribution is -0.148. The van der Waals surface area contributed by atoms with E-state index in [1.165, 1.54) is 24.2 Å². The van der Waals surface area contributed by atoms with E-state index in [0.717, 1.165) is 50.6 Å². The molecule has 2 N–H and O–H groups in total. The minimum atomic E-state index is -4.10. The van der Waals surface area contributed by atoms with Crippen molar-refractivity contribution in [1.82, 2.24) is 20.4 Å².